The standard InChI is InChI=1S/C22H18FN3O4S/c1-2-29-16-9-10-18-19(12-16)31-22(24-18)25-20(27)17-4-3-11-26(21(17)28)30-13-14-5-7-15(23)8-6-14/h3-12H,2,13H2,1H3,(H,24,25,27). The number of hydrogen-bond acceptors (Lipinski definition) is 6. The number of thiazole rings is 1. The van der Waals surface area contributed by atoms with E-state index in [1.165, 1.54) is 41.8 Å². The number of nitrogens with one attached hydrogen (secondary N) is 1. The van der Waals surface area contributed by atoms with Crippen molar-refractivity contribution in [2.75, 3.05) is 11.9 Å². The summed E-state index contributed by atoms with van der Waals surface area (Å²) in [7, 11) is 0. The smallest absolute Gasteiger partial charge is 0.295 e. The summed E-state index contributed by atoms with van der Waals surface area (Å²) < 4.78 is 20.3. The van der Waals surface area contributed by atoms with Crippen LogP contribution in [0.3, 0.4) is 0 Å². The number of benzene rings is 2. The summed E-state index contributed by atoms with van der Waals surface area (Å²) in [6.45, 7) is 2.50. The average Bonchev–Trinajstić information content (AvgIpc) is 3.16. The fourth-order valence-corrected chi connectivity index (χ4v) is 3.74. The highest BCUT2D eigenvalue weighted by Crippen LogP contribution is 2.29. The highest BCUT2D eigenvalue weighted by molar-refractivity contribution is 7.22. The molecule has 0 fully saturated rings. The maximum Gasteiger partial charge on any atom is 0.295 e. The molecule has 0 saturated heterocycles. The van der Waals surface area contributed by atoms with Crippen molar-refractivity contribution in [2.45, 2.75) is 13.5 Å². The Morgan fingerprint density at radius 2 is 2.00 bits per heavy atom. The number of nitrogens with zero attached hydrogens (tertiary/aromatic N) is 2. The number of fused-ring (bicyclic) bond motifs is 1. The number of aromatic nitrogens is 2. The molecule has 2 aromatic heterocycles. The van der Waals surface area contributed by atoms with Gasteiger partial charge >= 0.3 is 0 Å². The van der Waals surface area contributed by atoms with Crippen LogP contribution >= 0.6 is 11.3 Å². The van der Waals surface area contributed by atoms with E-state index in [0.29, 0.717) is 17.3 Å². The number of halogens is 1. The Morgan fingerprint density at radius 3 is 2.77 bits per heavy atom. The van der Waals surface area contributed by atoms with Crippen molar-refractivity contribution in [3.8, 4) is 5.75 Å². The van der Waals surface area contributed by atoms with Crippen LogP contribution in [-0.2, 0) is 6.61 Å². The Kier molecular flexibility index (Phi) is 5.94. The molecule has 0 bridgehead atoms. The van der Waals surface area contributed by atoms with E-state index in [2.05, 4.69) is 10.3 Å². The zero-order chi connectivity index (χ0) is 21.8. The first-order chi connectivity index (χ1) is 15.0. The average molecular weight is 439 g/mol. The van der Waals surface area contributed by atoms with Gasteiger partial charge in [0.1, 0.15) is 23.7 Å². The van der Waals surface area contributed by atoms with E-state index >= 15 is 0 Å². The number of rotatable bonds is 7. The molecule has 1 amide bonds. The first-order valence-electron chi connectivity index (χ1n) is 9.47. The Bertz CT molecular complexity index is 1280. The number of anilines is 1. The second kappa shape index (κ2) is 8.97. The number of pyridine rings is 1. The first kappa shape index (κ1) is 20.5. The van der Waals surface area contributed by atoms with Crippen molar-refractivity contribution < 1.29 is 18.8 Å². The van der Waals surface area contributed by atoms with Crippen LogP contribution < -0.4 is 20.5 Å². The molecule has 0 radical (unpaired) electrons. The van der Waals surface area contributed by atoms with Crippen LogP contribution in [0, 0.1) is 5.82 Å². The van der Waals surface area contributed by atoms with Gasteiger partial charge in [0, 0.05) is 6.20 Å². The van der Waals surface area contributed by atoms with Crippen LogP contribution in [0.2, 0.25) is 0 Å². The van der Waals surface area contributed by atoms with Crippen LogP contribution in [0.15, 0.2) is 65.6 Å². The molecule has 0 aliphatic heterocycles. The second-order valence-corrected chi connectivity index (χ2v) is 7.52. The first-order valence-corrected chi connectivity index (χ1v) is 10.3. The summed E-state index contributed by atoms with van der Waals surface area (Å²) in [4.78, 5) is 35.2. The molecule has 0 aliphatic rings. The van der Waals surface area contributed by atoms with Crippen molar-refractivity contribution in [2.24, 2.45) is 0 Å². The number of hydrogen-bond donors (Lipinski definition) is 1. The van der Waals surface area contributed by atoms with E-state index in [9.17, 15) is 14.0 Å². The molecule has 0 atom stereocenters. The Balaban J connectivity index is 1.49. The van der Waals surface area contributed by atoms with Gasteiger partial charge in [0.05, 0.1) is 16.8 Å². The second-order valence-electron chi connectivity index (χ2n) is 6.49. The molecule has 31 heavy (non-hydrogen) atoms. The highest BCUT2D eigenvalue weighted by Gasteiger charge is 2.15. The van der Waals surface area contributed by atoms with Gasteiger partial charge in [-0.05, 0) is 55.0 Å². The fourth-order valence-electron chi connectivity index (χ4n) is 2.85. The van der Waals surface area contributed by atoms with Gasteiger partial charge in [-0.25, -0.2) is 9.37 Å². The molecule has 158 valence electrons. The maximum absolute atomic E-state index is 13.0. The van der Waals surface area contributed by atoms with Crippen molar-refractivity contribution in [3.05, 3.63) is 88.1 Å². The summed E-state index contributed by atoms with van der Waals surface area (Å²) in [5.41, 5.74) is 0.707. The molecule has 2 heterocycles. The lowest BCUT2D eigenvalue weighted by molar-refractivity contribution is 0.0863. The molecule has 7 nitrogen and oxygen atoms in total. The maximum atomic E-state index is 13.0. The predicted molar refractivity (Wildman–Crippen MR) is 116 cm³/mol. The van der Waals surface area contributed by atoms with Gasteiger partial charge in [-0.3, -0.25) is 14.9 Å². The third-order valence-electron chi connectivity index (χ3n) is 4.33. The SMILES string of the molecule is CCOc1ccc2nc(NC(=O)c3cccn(OCc4ccc(F)cc4)c3=O)sc2c1. The molecule has 9 heteroatoms. The number of carbonyl (C=O) groups excluding carboxylic acids is 1. The van der Waals surface area contributed by atoms with Crippen molar-refractivity contribution in [3.63, 3.8) is 0 Å². The van der Waals surface area contributed by atoms with E-state index in [0.717, 1.165) is 20.7 Å². The zero-order valence-corrected chi connectivity index (χ0v) is 17.3. The van der Waals surface area contributed by atoms with E-state index in [4.69, 9.17) is 9.57 Å². The van der Waals surface area contributed by atoms with Gasteiger partial charge in [-0.15, -0.1) is 0 Å². The lowest BCUT2D eigenvalue weighted by atomic mass is 10.2. The third kappa shape index (κ3) is 4.72. The molecule has 1 N–H and O–H groups in total. The largest absolute Gasteiger partial charge is 0.494 e. The van der Waals surface area contributed by atoms with Crippen LogP contribution in [0.1, 0.15) is 22.8 Å². The van der Waals surface area contributed by atoms with Crippen molar-refractivity contribution >= 4 is 32.6 Å². The minimum Gasteiger partial charge on any atom is -0.494 e. The topological polar surface area (TPSA) is 82.4 Å². The Morgan fingerprint density at radius 1 is 1.19 bits per heavy atom. The summed E-state index contributed by atoms with van der Waals surface area (Å²) in [6, 6.07) is 14.1. The molecule has 2 aromatic carbocycles. The van der Waals surface area contributed by atoms with E-state index in [-0.39, 0.29) is 18.0 Å². The summed E-state index contributed by atoms with van der Waals surface area (Å²) in [6.07, 6.45) is 1.41. The van der Waals surface area contributed by atoms with Crippen LogP contribution in [0.5, 0.6) is 5.75 Å². The van der Waals surface area contributed by atoms with Crippen molar-refractivity contribution in [1.29, 1.82) is 0 Å². The summed E-state index contributed by atoms with van der Waals surface area (Å²) in [5.74, 6) is -0.224. The van der Waals surface area contributed by atoms with Gasteiger partial charge < -0.3 is 9.57 Å². The molecular weight excluding hydrogens is 421 g/mol. The van der Waals surface area contributed by atoms with Gasteiger partial charge in [0.15, 0.2) is 5.13 Å². The third-order valence-corrected chi connectivity index (χ3v) is 5.27. The van der Waals surface area contributed by atoms with Gasteiger partial charge in [-0.1, -0.05) is 23.5 Å². The number of ether oxygens (including phenoxy) is 1. The number of amides is 1. The molecule has 4 rings (SSSR count). The molecule has 0 aliphatic carbocycles. The zero-order valence-electron chi connectivity index (χ0n) is 16.5. The Hall–Kier alpha value is -3.72. The molecule has 0 spiro atoms. The summed E-state index contributed by atoms with van der Waals surface area (Å²) >= 11 is 1.29. The monoisotopic (exact) mass is 439 g/mol. The molecule has 0 unspecified atom stereocenters. The minimum atomic E-state index is -0.609. The predicted octanol–water partition coefficient (Wildman–Crippen LogP) is 3.88. The quantitative estimate of drug-likeness (QED) is 0.473. The van der Waals surface area contributed by atoms with Gasteiger partial charge in [0.2, 0.25) is 0 Å². The van der Waals surface area contributed by atoms with Gasteiger partial charge in [0.25, 0.3) is 11.5 Å². The van der Waals surface area contributed by atoms with Gasteiger partial charge in [-0.2, -0.15) is 4.73 Å². The highest BCUT2D eigenvalue weighted by atomic mass is 32.1. The van der Waals surface area contributed by atoms with E-state index in [1.807, 2.05) is 25.1 Å². The fraction of sp³-hybridized carbons (Fsp3) is 0.136. The van der Waals surface area contributed by atoms with E-state index < -0.39 is 11.5 Å². The van der Waals surface area contributed by atoms with Crippen LogP contribution in [-0.4, -0.2) is 22.2 Å². The number of carbonyl (C=O) groups is 1. The van der Waals surface area contributed by atoms with Crippen LogP contribution in [0.25, 0.3) is 10.2 Å². The lowest BCUT2D eigenvalue weighted by Crippen LogP contribution is -2.32. The Labute approximate surface area is 180 Å². The normalized spacial score (nSPS) is 10.8. The van der Waals surface area contributed by atoms with E-state index in [1.54, 1.807) is 12.1 Å². The summed E-state index contributed by atoms with van der Waals surface area (Å²) in [5, 5.41) is 3.04. The lowest BCUT2D eigenvalue weighted by Gasteiger charge is -2.09. The molecular formula is C22H18FN3O4S. The van der Waals surface area contributed by atoms with Crippen molar-refractivity contribution in [1.82, 2.24) is 9.71 Å². The van der Waals surface area contributed by atoms with Crippen LogP contribution in [0.4, 0.5) is 9.52 Å². The molecule has 0 saturated carbocycles. The minimum absolute atomic E-state index is 0.0469. The molecule has 4 aromatic rings.